The van der Waals surface area contributed by atoms with Crippen LogP contribution < -0.4 is 5.32 Å². The molecule has 0 atom stereocenters. The molecule has 1 heterocycles. The van der Waals surface area contributed by atoms with E-state index in [9.17, 15) is 9.59 Å². The molecule has 0 aliphatic carbocycles. The van der Waals surface area contributed by atoms with E-state index in [0.717, 1.165) is 11.4 Å². The number of amides is 1. The average molecular weight is 268 g/mol. The molecule has 1 amide bonds. The van der Waals surface area contributed by atoms with E-state index < -0.39 is 0 Å². The standard InChI is InChI=1S/C16H16N2O2/c1-11-4-3-5-15(18-11)10-17-16(20)14-8-6-13(7-9-14)12(2)19/h3-9H,10H2,1-2H3,(H,17,20). The van der Waals surface area contributed by atoms with Crippen molar-refractivity contribution < 1.29 is 9.59 Å². The van der Waals surface area contributed by atoms with Crippen molar-refractivity contribution in [2.75, 3.05) is 0 Å². The van der Waals surface area contributed by atoms with Gasteiger partial charge >= 0.3 is 0 Å². The second-order valence-electron chi connectivity index (χ2n) is 4.59. The number of aryl methyl sites for hydroxylation is 1. The summed E-state index contributed by atoms with van der Waals surface area (Å²) < 4.78 is 0. The maximum absolute atomic E-state index is 12.0. The number of carbonyl (C=O) groups is 2. The number of aromatic nitrogens is 1. The van der Waals surface area contributed by atoms with Crippen molar-refractivity contribution in [1.82, 2.24) is 10.3 Å². The first-order valence-corrected chi connectivity index (χ1v) is 6.38. The number of hydrogen-bond donors (Lipinski definition) is 1. The van der Waals surface area contributed by atoms with Gasteiger partial charge in [0.15, 0.2) is 5.78 Å². The third kappa shape index (κ3) is 3.51. The highest BCUT2D eigenvalue weighted by molar-refractivity contribution is 5.97. The van der Waals surface area contributed by atoms with E-state index in [1.165, 1.54) is 6.92 Å². The first-order valence-electron chi connectivity index (χ1n) is 6.38. The maximum Gasteiger partial charge on any atom is 0.251 e. The molecule has 0 fully saturated rings. The van der Waals surface area contributed by atoms with Crippen molar-refractivity contribution in [2.45, 2.75) is 20.4 Å². The molecule has 0 bridgehead atoms. The number of ketones is 1. The van der Waals surface area contributed by atoms with Gasteiger partial charge in [0.1, 0.15) is 0 Å². The first-order chi connectivity index (χ1) is 9.56. The van der Waals surface area contributed by atoms with E-state index in [1.807, 2.05) is 25.1 Å². The Morgan fingerprint density at radius 1 is 1.05 bits per heavy atom. The van der Waals surface area contributed by atoms with E-state index in [0.29, 0.717) is 17.7 Å². The van der Waals surface area contributed by atoms with Crippen LogP contribution in [0.15, 0.2) is 42.5 Å². The SMILES string of the molecule is CC(=O)c1ccc(C(=O)NCc2cccc(C)n2)cc1. The Hall–Kier alpha value is -2.49. The summed E-state index contributed by atoms with van der Waals surface area (Å²) >= 11 is 0. The number of Topliss-reactive ketones (excluding diaryl/α,β-unsaturated/α-hetero) is 1. The Bertz CT molecular complexity index is 633. The molecule has 4 heteroatoms. The van der Waals surface area contributed by atoms with Gasteiger partial charge in [-0.05, 0) is 38.1 Å². The van der Waals surface area contributed by atoms with E-state index in [4.69, 9.17) is 0 Å². The molecule has 0 aliphatic heterocycles. The van der Waals surface area contributed by atoms with Gasteiger partial charge in [-0.1, -0.05) is 18.2 Å². The zero-order valence-corrected chi connectivity index (χ0v) is 11.5. The molecule has 2 aromatic rings. The molecular weight excluding hydrogens is 252 g/mol. The van der Waals surface area contributed by atoms with Crippen molar-refractivity contribution in [3.8, 4) is 0 Å². The lowest BCUT2D eigenvalue weighted by Gasteiger charge is -2.06. The Balaban J connectivity index is 1.99. The minimum Gasteiger partial charge on any atom is -0.346 e. The Morgan fingerprint density at radius 2 is 1.70 bits per heavy atom. The topological polar surface area (TPSA) is 59.1 Å². The predicted molar refractivity (Wildman–Crippen MR) is 76.6 cm³/mol. The summed E-state index contributed by atoms with van der Waals surface area (Å²) in [5.74, 6) is -0.190. The second-order valence-corrected chi connectivity index (χ2v) is 4.59. The Labute approximate surface area is 117 Å². The highest BCUT2D eigenvalue weighted by Gasteiger charge is 2.06. The molecule has 0 radical (unpaired) electrons. The van der Waals surface area contributed by atoms with Crippen LogP contribution in [-0.4, -0.2) is 16.7 Å². The van der Waals surface area contributed by atoms with Crippen LogP contribution in [-0.2, 0) is 6.54 Å². The van der Waals surface area contributed by atoms with Gasteiger partial charge in [0, 0.05) is 16.8 Å². The summed E-state index contributed by atoms with van der Waals surface area (Å²) in [6.07, 6.45) is 0. The largest absolute Gasteiger partial charge is 0.346 e. The van der Waals surface area contributed by atoms with Gasteiger partial charge in [-0.3, -0.25) is 14.6 Å². The van der Waals surface area contributed by atoms with Gasteiger partial charge in [-0.2, -0.15) is 0 Å². The predicted octanol–water partition coefficient (Wildman–Crippen LogP) is 2.52. The summed E-state index contributed by atoms with van der Waals surface area (Å²) in [4.78, 5) is 27.4. The molecule has 1 aromatic carbocycles. The number of carbonyl (C=O) groups excluding carboxylic acids is 2. The van der Waals surface area contributed by atoms with Gasteiger partial charge in [-0.15, -0.1) is 0 Å². The minimum absolute atomic E-state index is 0.0130. The molecule has 0 spiro atoms. The summed E-state index contributed by atoms with van der Waals surface area (Å²) in [6.45, 7) is 3.79. The van der Waals surface area contributed by atoms with Crippen molar-refractivity contribution in [3.63, 3.8) is 0 Å². The van der Waals surface area contributed by atoms with Gasteiger partial charge in [-0.25, -0.2) is 0 Å². The molecule has 0 saturated heterocycles. The minimum atomic E-state index is -0.177. The Morgan fingerprint density at radius 3 is 2.30 bits per heavy atom. The van der Waals surface area contributed by atoms with Gasteiger partial charge in [0.25, 0.3) is 5.91 Å². The first kappa shape index (κ1) is 13.9. The molecule has 102 valence electrons. The van der Waals surface area contributed by atoms with Crippen LogP contribution in [0, 0.1) is 6.92 Å². The third-order valence-corrected chi connectivity index (χ3v) is 2.93. The zero-order chi connectivity index (χ0) is 14.5. The van der Waals surface area contributed by atoms with E-state index in [-0.39, 0.29) is 11.7 Å². The molecule has 0 unspecified atom stereocenters. The number of hydrogen-bond acceptors (Lipinski definition) is 3. The van der Waals surface area contributed by atoms with Crippen LogP contribution in [0.4, 0.5) is 0 Å². The number of pyridine rings is 1. The van der Waals surface area contributed by atoms with Crippen LogP contribution in [0.2, 0.25) is 0 Å². The quantitative estimate of drug-likeness (QED) is 0.867. The maximum atomic E-state index is 12.0. The fourth-order valence-corrected chi connectivity index (χ4v) is 1.83. The van der Waals surface area contributed by atoms with Crippen molar-refractivity contribution in [1.29, 1.82) is 0 Å². The molecule has 4 nitrogen and oxygen atoms in total. The lowest BCUT2D eigenvalue weighted by Crippen LogP contribution is -2.23. The lowest BCUT2D eigenvalue weighted by atomic mass is 10.1. The molecular formula is C16H16N2O2. The third-order valence-electron chi connectivity index (χ3n) is 2.93. The van der Waals surface area contributed by atoms with Crippen LogP contribution in [0.1, 0.15) is 39.0 Å². The monoisotopic (exact) mass is 268 g/mol. The summed E-state index contributed by atoms with van der Waals surface area (Å²) in [5.41, 5.74) is 2.87. The van der Waals surface area contributed by atoms with Crippen molar-refractivity contribution in [3.05, 3.63) is 65.0 Å². The van der Waals surface area contributed by atoms with E-state index in [1.54, 1.807) is 24.3 Å². The van der Waals surface area contributed by atoms with Gasteiger partial charge < -0.3 is 5.32 Å². The normalized spacial score (nSPS) is 10.1. The molecule has 1 N–H and O–H groups in total. The second kappa shape index (κ2) is 6.10. The van der Waals surface area contributed by atoms with Crippen LogP contribution in [0.25, 0.3) is 0 Å². The molecule has 0 aliphatic rings. The molecule has 20 heavy (non-hydrogen) atoms. The van der Waals surface area contributed by atoms with Crippen molar-refractivity contribution >= 4 is 11.7 Å². The van der Waals surface area contributed by atoms with E-state index >= 15 is 0 Å². The van der Waals surface area contributed by atoms with Crippen LogP contribution in [0.3, 0.4) is 0 Å². The molecule has 0 saturated carbocycles. The molecule has 2 rings (SSSR count). The van der Waals surface area contributed by atoms with Crippen LogP contribution in [0.5, 0.6) is 0 Å². The highest BCUT2D eigenvalue weighted by atomic mass is 16.1. The lowest BCUT2D eigenvalue weighted by molar-refractivity contribution is 0.0948. The smallest absolute Gasteiger partial charge is 0.251 e. The van der Waals surface area contributed by atoms with Crippen LogP contribution >= 0.6 is 0 Å². The van der Waals surface area contributed by atoms with Crippen molar-refractivity contribution in [2.24, 2.45) is 0 Å². The average Bonchev–Trinajstić information content (AvgIpc) is 2.45. The fraction of sp³-hybridized carbons (Fsp3) is 0.188. The summed E-state index contributed by atoms with van der Waals surface area (Å²) in [6, 6.07) is 12.3. The van der Waals surface area contributed by atoms with Gasteiger partial charge in [0.2, 0.25) is 0 Å². The zero-order valence-electron chi connectivity index (χ0n) is 11.5. The van der Waals surface area contributed by atoms with Gasteiger partial charge in [0.05, 0.1) is 12.2 Å². The number of benzene rings is 1. The van der Waals surface area contributed by atoms with E-state index in [2.05, 4.69) is 10.3 Å². The number of nitrogens with zero attached hydrogens (tertiary/aromatic N) is 1. The number of rotatable bonds is 4. The summed E-state index contributed by atoms with van der Waals surface area (Å²) in [7, 11) is 0. The Kier molecular flexibility index (Phi) is 4.25. The number of nitrogens with one attached hydrogen (secondary N) is 1. The summed E-state index contributed by atoms with van der Waals surface area (Å²) in [5, 5.41) is 2.80. The highest BCUT2D eigenvalue weighted by Crippen LogP contribution is 2.06. The fourth-order valence-electron chi connectivity index (χ4n) is 1.83. The molecule has 1 aromatic heterocycles.